The lowest BCUT2D eigenvalue weighted by atomic mass is 10.1. The Morgan fingerprint density at radius 1 is 1.21 bits per heavy atom. The number of carbonyl (C=O) groups is 1. The smallest absolute Gasteiger partial charge is 0.306 e. The van der Waals surface area contributed by atoms with E-state index in [2.05, 4.69) is 20.5 Å². The molecule has 0 radical (unpaired) electrons. The Labute approximate surface area is 159 Å². The van der Waals surface area contributed by atoms with E-state index in [1.165, 1.54) is 6.07 Å². The summed E-state index contributed by atoms with van der Waals surface area (Å²) >= 11 is 0. The lowest BCUT2D eigenvalue weighted by Gasteiger charge is -2.03. The SMILES string of the molecule is CCn1c(=O)[nH]c2cc(C(=O)Nc3cc(-c4cc(C)ccc4F)[nH]n3)ccc21. The molecule has 2 aromatic carbocycles. The summed E-state index contributed by atoms with van der Waals surface area (Å²) in [6, 6.07) is 11.3. The van der Waals surface area contributed by atoms with Gasteiger partial charge in [-0.25, -0.2) is 9.18 Å². The van der Waals surface area contributed by atoms with Gasteiger partial charge in [0.15, 0.2) is 5.82 Å². The fourth-order valence-electron chi connectivity index (χ4n) is 3.18. The summed E-state index contributed by atoms with van der Waals surface area (Å²) in [5, 5.41) is 9.46. The van der Waals surface area contributed by atoms with E-state index in [1.807, 2.05) is 13.8 Å². The molecule has 7 nitrogen and oxygen atoms in total. The molecule has 0 spiro atoms. The predicted molar refractivity (Wildman–Crippen MR) is 105 cm³/mol. The second kappa shape index (κ2) is 6.80. The van der Waals surface area contributed by atoms with E-state index in [0.717, 1.165) is 11.1 Å². The fraction of sp³-hybridized carbons (Fsp3) is 0.150. The van der Waals surface area contributed by atoms with Crippen LogP contribution in [0, 0.1) is 12.7 Å². The molecule has 0 aliphatic heterocycles. The van der Waals surface area contributed by atoms with Gasteiger partial charge in [-0.15, -0.1) is 0 Å². The Balaban J connectivity index is 1.59. The van der Waals surface area contributed by atoms with Gasteiger partial charge in [0.1, 0.15) is 5.82 Å². The van der Waals surface area contributed by atoms with E-state index in [4.69, 9.17) is 0 Å². The first-order valence-corrected chi connectivity index (χ1v) is 8.82. The van der Waals surface area contributed by atoms with Crippen LogP contribution in [-0.4, -0.2) is 25.7 Å². The van der Waals surface area contributed by atoms with Crippen molar-refractivity contribution in [2.24, 2.45) is 0 Å². The van der Waals surface area contributed by atoms with Gasteiger partial charge < -0.3 is 10.3 Å². The van der Waals surface area contributed by atoms with Crippen LogP contribution in [0.4, 0.5) is 10.2 Å². The van der Waals surface area contributed by atoms with E-state index in [1.54, 1.807) is 41.0 Å². The molecule has 1 amide bonds. The van der Waals surface area contributed by atoms with Gasteiger partial charge in [-0.05, 0) is 44.2 Å². The van der Waals surface area contributed by atoms with Crippen LogP contribution in [0.1, 0.15) is 22.8 Å². The number of hydrogen-bond donors (Lipinski definition) is 3. The Kier molecular flexibility index (Phi) is 4.31. The lowest BCUT2D eigenvalue weighted by molar-refractivity contribution is 0.102. The number of aryl methyl sites for hydroxylation is 2. The van der Waals surface area contributed by atoms with E-state index in [-0.39, 0.29) is 23.2 Å². The number of carbonyl (C=O) groups excluding carboxylic acids is 1. The number of fused-ring (bicyclic) bond motifs is 1. The second-order valence-corrected chi connectivity index (χ2v) is 6.51. The molecule has 4 aromatic rings. The Morgan fingerprint density at radius 3 is 2.82 bits per heavy atom. The largest absolute Gasteiger partial charge is 0.326 e. The zero-order valence-electron chi connectivity index (χ0n) is 15.3. The van der Waals surface area contributed by atoms with Crippen molar-refractivity contribution < 1.29 is 9.18 Å². The topological polar surface area (TPSA) is 95.6 Å². The zero-order valence-corrected chi connectivity index (χ0v) is 15.3. The molecule has 2 aromatic heterocycles. The van der Waals surface area contributed by atoms with E-state index in [0.29, 0.717) is 28.9 Å². The maximum absolute atomic E-state index is 14.0. The molecular formula is C20H18FN5O2. The molecule has 142 valence electrons. The summed E-state index contributed by atoms with van der Waals surface area (Å²) in [6.07, 6.45) is 0. The predicted octanol–water partition coefficient (Wildman–Crippen LogP) is 3.44. The monoisotopic (exact) mass is 379 g/mol. The lowest BCUT2D eigenvalue weighted by Crippen LogP contribution is -2.14. The third-order valence-corrected chi connectivity index (χ3v) is 4.58. The summed E-state index contributed by atoms with van der Waals surface area (Å²) in [7, 11) is 0. The van der Waals surface area contributed by atoms with Crippen molar-refractivity contribution in [3.05, 3.63) is 69.9 Å². The first-order chi connectivity index (χ1) is 13.5. The summed E-state index contributed by atoms with van der Waals surface area (Å²) < 4.78 is 15.6. The third kappa shape index (κ3) is 3.09. The maximum atomic E-state index is 14.0. The number of nitrogens with one attached hydrogen (secondary N) is 3. The number of hydrogen-bond acceptors (Lipinski definition) is 3. The fourth-order valence-corrected chi connectivity index (χ4v) is 3.18. The van der Waals surface area contributed by atoms with Gasteiger partial charge >= 0.3 is 5.69 Å². The number of H-pyrrole nitrogens is 2. The molecule has 3 N–H and O–H groups in total. The van der Waals surface area contributed by atoms with Crippen LogP contribution in [0.2, 0.25) is 0 Å². The maximum Gasteiger partial charge on any atom is 0.326 e. The number of halogens is 1. The Morgan fingerprint density at radius 2 is 2.04 bits per heavy atom. The normalized spacial score (nSPS) is 11.1. The van der Waals surface area contributed by atoms with Crippen LogP contribution < -0.4 is 11.0 Å². The first-order valence-electron chi connectivity index (χ1n) is 8.82. The number of amides is 1. The highest BCUT2D eigenvalue weighted by atomic mass is 19.1. The van der Waals surface area contributed by atoms with E-state index >= 15 is 0 Å². The minimum atomic E-state index is -0.380. The number of rotatable bonds is 4. The quantitative estimate of drug-likeness (QED) is 0.507. The van der Waals surface area contributed by atoms with Crippen molar-refractivity contribution in [1.82, 2.24) is 19.7 Å². The van der Waals surface area contributed by atoms with Crippen molar-refractivity contribution in [1.29, 1.82) is 0 Å². The van der Waals surface area contributed by atoms with Gasteiger partial charge in [-0.2, -0.15) is 5.10 Å². The summed E-state index contributed by atoms with van der Waals surface area (Å²) in [5.41, 5.74) is 3.25. The van der Waals surface area contributed by atoms with Gasteiger partial charge in [-0.1, -0.05) is 11.6 Å². The molecule has 0 fully saturated rings. The van der Waals surface area contributed by atoms with Gasteiger partial charge in [0, 0.05) is 23.7 Å². The van der Waals surface area contributed by atoms with Gasteiger partial charge in [0.25, 0.3) is 5.91 Å². The van der Waals surface area contributed by atoms with Crippen molar-refractivity contribution in [2.75, 3.05) is 5.32 Å². The summed E-state index contributed by atoms with van der Waals surface area (Å²) in [6.45, 7) is 4.28. The average Bonchev–Trinajstić information content (AvgIpc) is 3.26. The van der Waals surface area contributed by atoms with Crippen LogP contribution in [0.25, 0.3) is 22.3 Å². The minimum Gasteiger partial charge on any atom is -0.306 e. The number of imidazole rings is 1. The standard InChI is InChI=1S/C20H18FN5O2/c1-3-26-17-7-5-12(9-16(17)22-20(26)28)19(27)23-18-10-15(24-25-18)13-8-11(2)4-6-14(13)21/h4-10H,3H2,1-2H3,(H,22,28)(H2,23,24,25,27). The highest BCUT2D eigenvalue weighted by Gasteiger charge is 2.14. The molecule has 4 rings (SSSR count). The number of benzene rings is 2. The molecule has 0 saturated carbocycles. The Bertz CT molecular complexity index is 1250. The van der Waals surface area contributed by atoms with Gasteiger partial charge in [-0.3, -0.25) is 14.5 Å². The first kappa shape index (κ1) is 17.7. The molecule has 0 aliphatic rings. The molecule has 0 saturated heterocycles. The third-order valence-electron chi connectivity index (χ3n) is 4.58. The van der Waals surface area contributed by atoms with Crippen molar-refractivity contribution in [2.45, 2.75) is 20.4 Å². The van der Waals surface area contributed by atoms with Crippen molar-refractivity contribution in [3.8, 4) is 11.3 Å². The van der Waals surface area contributed by atoms with Crippen LogP contribution in [-0.2, 0) is 6.54 Å². The molecule has 0 atom stereocenters. The van der Waals surface area contributed by atoms with Crippen LogP contribution >= 0.6 is 0 Å². The number of nitrogens with zero attached hydrogens (tertiary/aromatic N) is 2. The summed E-state index contributed by atoms with van der Waals surface area (Å²) in [5.74, 6) is -0.475. The molecule has 8 heteroatoms. The zero-order chi connectivity index (χ0) is 19.8. The van der Waals surface area contributed by atoms with Crippen molar-refractivity contribution >= 4 is 22.8 Å². The number of aromatic amines is 2. The van der Waals surface area contributed by atoms with Gasteiger partial charge in [0.05, 0.1) is 16.7 Å². The highest BCUT2D eigenvalue weighted by molar-refractivity contribution is 6.05. The molecule has 0 bridgehead atoms. The van der Waals surface area contributed by atoms with E-state index in [9.17, 15) is 14.0 Å². The minimum absolute atomic E-state index is 0.216. The average molecular weight is 379 g/mol. The number of aromatic nitrogens is 4. The van der Waals surface area contributed by atoms with Crippen LogP contribution in [0.3, 0.4) is 0 Å². The van der Waals surface area contributed by atoms with Crippen LogP contribution in [0.15, 0.2) is 47.3 Å². The molecule has 0 unspecified atom stereocenters. The Hall–Kier alpha value is -3.68. The second-order valence-electron chi connectivity index (χ2n) is 6.51. The molecular weight excluding hydrogens is 361 g/mol. The molecule has 0 aliphatic carbocycles. The van der Waals surface area contributed by atoms with Gasteiger partial charge in [0.2, 0.25) is 0 Å². The number of anilines is 1. The summed E-state index contributed by atoms with van der Waals surface area (Å²) in [4.78, 5) is 27.2. The highest BCUT2D eigenvalue weighted by Crippen LogP contribution is 2.24. The van der Waals surface area contributed by atoms with Crippen molar-refractivity contribution in [3.63, 3.8) is 0 Å². The van der Waals surface area contributed by atoms with E-state index < -0.39 is 0 Å². The molecule has 2 heterocycles. The molecule has 28 heavy (non-hydrogen) atoms. The van der Waals surface area contributed by atoms with Crippen LogP contribution in [0.5, 0.6) is 0 Å².